The second kappa shape index (κ2) is 8.00. The van der Waals surface area contributed by atoms with Crippen LogP contribution >= 0.6 is 0 Å². The highest BCUT2D eigenvalue weighted by Crippen LogP contribution is 2.36. The van der Waals surface area contributed by atoms with Crippen molar-refractivity contribution in [3.8, 4) is 0 Å². The molecule has 1 aromatic rings. The van der Waals surface area contributed by atoms with Crippen molar-refractivity contribution in [2.75, 3.05) is 32.8 Å². The van der Waals surface area contributed by atoms with Crippen LogP contribution in [0, 0.1) is 5.92 Å². The lowest BCUT2D eigenvalue weighted by atomic mass is 9.72. The zero-order valence-electron chi connectivity index (χ0n) is 15.0. The Labute approximate surface area is 149 Å². The number of amides is 2. The van der Waals surface area contributed by atoms with Gasteiger partial charge in [0.05, 0.1) is 12.0 Å². The van der Waals surface area contributed by atoms with Crippen LogP contribution in [0.4, 0.5) is 0 Å². The third-order valence-corrected chi connectivity index (χ3v) is 5.63. The minimum Gasteiger partial charge on any atom is -0.381 e. The summed E-state index contributed by atoms with van der Waals surface area (Å²) in [6, 6.07) is 10.0. The summed E-state index contributed by atoms with van der Waals surface area (Å²) in [4.78, 5) is 26.7. The van der Waals surface area contributed by atoms with E-state index in [1.54, 1.807) is 6.92 Å². The molecule has 136 valence electrons. The van der Waals surface area contributed by atoms with E-state index in [1.165, 1.54) is 0 Å². The monoisotopic (exact) mass is 344 g/mol. The van der Waals surface area contributed by atoms with Gasteiger partial charge in [-0.15, -0.1) is 0 Å². The Kier molecular flexibility index (Phi) is 5.74. The number of piperidine rings is 1. The van der Waals surface area contributed by atoms with Gasteiger partial charge in [-0.2, -0.15) is 0 Å². The summed E-state index contributed by atoms with van der Waals surface area (Å²) >= 11 is 0. The molecule has 0 radical (unpaired) electrons. The van der Waals surface area contributed by atoms with Crippen LogP contribution in [0.25, 0.3) is 0 Å². The maximum atomic E-state index is 13.2. The van der Waals surface area contributed by atoms with Crippen molar-refractivity contribution in [2.24, 2.45) is 5.92 Å². The molecular formula is C20H28N2O3. The molecule has 1 atom stereocenters. The number of benzene rings is 1. The molecule has 0 saturated carbocycles. The molecule has 25 heavy (non-hydrogen) atoms. The van der Waals surface area contributed by atoms with Crippen molar-refractivity contribution >= 4 is 11.8 Å². The molecule has 2 heterocycles. The third-order valence-electron chi connectivity index (χ3n) is 5.63. The molecule has 2 aliphatic heterocycles. The van der Waals surface area contributed by atoms with E-state index in [1.807, 2.05) is 35.2 Å². The Morgan fingerprint density at radius 1 is 1.24 bits per heavy atom. The summed E-state index contributed by atoms with van der Waals surface area (Å²) in [6.07, 6.45) is 3.52. The number of hydrogen-bond acceptors (Lipinski definition) is 3. The lowest BCUT2D eigenvalue weighted by Crippen LogP contribution is -2.53. The van der Waals surface area contributed by atoms with Crippen LogP contribution in [-0.4, -0.2) is 49.6 Å². The van der Waals surface area contributed by atoms with Crippen molar-refractivity contribution < 1.29 is 14.3 Å². The van der Waals surface area contributed by atoms with Crippen molar-refractivity contribution in [3.05, 3.63) is 35.9 Å². The fraction of sp³-hybridized carbons (Fsp3) is 0.600. The Bertz CT molecular complexity index is 588. The molecule has 2 saturated heterocycles. The quantitative estimate of drug-likeness (QED) is 0.910. The Morgan fingerprint density at radius 2 is 1.96 bits per heavy atom. The second-order valence-corrected chi connectivity index (χ2v) is 7.25. The maximum absolute atomic E-state index is 13.2. The van der Waals surface area contributed by atoms with Gasteiger partial charge in [0, 0.05) is 33.2 Å². The van der Waals surface area contributed by atoms with E-state index in [2.05, 4.69) is 5.32 Å². The van der Waals surface area contributed by atoms with Crippen LogP contribution in [0.5, 0.6) is 0 Å². The average Bonchev–Trinajstić information content (AvgIpc) is 2.67. The Hall–Kier alpha value is -1.88. The molecule has 1 N–H and O–H groups in total. The number of nitrogens with one attached hydrogen (secondary N) is 1. The molecule has 2 amide bonds. The normalized spacial score (nSPS) is 23.1. The average molecular weight is 344 g/mol. The van der Waals surface area contributed by atoms with Crippen LogP contribution in [0.1, 0.15) is 38.2 Å². The van der Waals surface area contributed by atoms with E-state index >= 15 is 0 Å². The Balaban J connectivity index is 1.72. The molecule has 2 aliphatic rings. The Morgan fingerprint density at radius 3 is 2.56 bits per heavy atom. The van der Waals surface area contributed by atoms with Gasteiger partial charge in [-0.3, -0.25) is 9.59 Å². The molecule has 0 aromatic heterocycles. The van der Waals surface area contributed by atoms with Gasteiger partial charge < -0.3 is 15.0 Å². The number of likely N-dealkylation sites (tertiary alicyclic amines) is 1. The maximum Gasteiger partial charge on any atom is 0.230 e. The SMILES string of the molecule is CC(=O)N1CCC(C(=O)NC[C@H]2CCCOC2)(c2ccccc2)CC1. The standard InChI is InChI=1S/C20H28N2O3/c1-16(23)22-11-9-20(10-12-22,18-7-3-2-4-8-18)19(24)21-14-17-6-5-13-25-15-17/h2-4,7-8,17H,5-6,9-15H2,1H3,(H,21,24)/t17-/m1/s1. The molecule has 1 aromatic carbocycles. The number of carbonyl (C=O) groups excluding carboxylic acids is 2. The molecule has 0 spiro atoms. The van der Waals surface area contributed by atoms with E-state index in [9.17, 15) is 9.59 Å². The summed E-state index contributed by atoms with van der Waals surface area (Å²) in [7, 11) is 0. The van der Waals surface area contributed by atoms with Gasteiger partial charge in [-0.05, 0) is 37.2 Å². The van der Waals surface area contributed by atoms with Crippen LogP contribution in [0.3, 0.4) is 0 Å². The van der Waals surface area contributed by atoms with Crippen molar-refractivity contribution in [3.63, 3.8) is 0 Å². The minimum absolute atomic E-state index is 0.0847. The first kappa shape index (κ1) is 17.9. The first-order valence-electron chi connectivity index (χ1n) is 9.29. The number of carbonyl (C=O) groups is 2. The molecular weight excluding hydrogens is 316 g/mol. The van der Waals surface area contributed by atoms with Crippen LogP contribution < -0.4 is 5.32 Å². The van der Waals surface area contributed by atoms with E-state index in [0.717, 1.165) is 31.6 Å². The fourth-order valence-electron chi connectivity index (χ4n) is 3.98. The highest BCUT2D eigenvalue weighted by Gasteiger charge is 2.43. The first-order valence-corrected chi connectivity index (χ1v) is 9.29. The van der Waals surface area contributed by atoms with Gasteiger partial charge in [0.2, 0.25) is 11.8 Å². The topological polar surface area (TPSA) is 58.6 Å². The van der Waals surface area contributed by atoms with Crippen molar-refractivity contribution in [1.82, 2.24) is 10.2 Å². The van der Waals surface area contributed by atoms with Crippen molar-refractivity contribution in [1.29, 1.82) is 0 Å². The van der Waals surface area contributed by atoms with Crippen LogP contribution in [0.15, 0.2) is 30.3 Å². The van der Waals surface area contributed by atoms with Gasteiger partial charge in [0.1, 0.15) is 0 Å². The van der Waals surface area contributed by atoms with E-state index < -0.39 is 5.41 Å². The first-order chi connectivity index (χ1) is 12.1. The second-order valence-electron chi connectivity index (χ2n) is 7.25. The zero-order valence-corrected chi connectivity index (χ0v) is 15.0. The van der Waals surface area contributed by atoms with Gasteiger partial charge in [0.25, 0.3) is 0 Å². The van der Waals surface area contributed by atoms with Gasteiger partial charge in [-0.1, -0.05) is 30.3 Å². The summed E-state index contributed by atoms with van der Waals surface area (Å²) in [5, 5.41) is 3.18. The summed E-state index contributed by atoms with van der Waals surface area (Å²) < 4.78 is 5.51. The number of nitrogens with zero attached hydrogens (tertiary/aromatic N) is 1. The van der Waals surface area contributed by atoms with Gasteiger partial charge in [-0.25, -0.2) is 0 Å². The molecule has 5 heteroatoms. The minimum atomic E-state index is -0.539. The van der Waals surface area contributed by atoms with Gasteiger partial charge in [0.15, 0.2) is 0 Å². The molecule has 2 fully saturated rings. The number of ether oxygens (including phenoxy) is 1. The smallest absolute Gasteiger partial charge is 0.230 e. The predicted octanol–water partition coefficient (Wildman–Crippen LogP) is 2.11. The van der Waals surface area contributed by atoms with Crippen LogP contribution in [-0.2, 0) is 19.7 Å². The van der Waals surface area contributed by atoms with Crippen molar-refractivity contribution in [2.45, 2.75) is 38.0 Å². The fourth-order valence-corrected chi connectivity index (χ4v) is 3.98. The molecule has 0 bridgehead atoms. The van der Waals surface area contributed by atoms with E-state index in [4.69, 9.17) is 4.74 Å². The third kappa shape index (κ3) is 4.03. The summed E-state index contributed by atoms with van der Waals surface area (Å²) in [5.41, 5.74) is 0.513. The number of hydrogen-bond donors (Lipinski definition) is 1. The number of rotatable bonds is 4. The largest absolute Gasteiger partial charge is 0.381 e. The summed E-state index contributed by atoms with van der Waals surface area (Å²) in [6.45, 7) is 5.09. The molecule has 3 rings (SSSR count). The predicted molar refractivity (Wildman–Crippen MR) is 96.2 cm³/mol. The highest BCUT2D eigenvalue weighted by molar-refractivity contribution is 5.88. The lowest BCUT2D eigenvalue weighted by molar-refractivity contribution is -0.135. The molecule has 0 unspecified atom stereocenters. The van der Waals surface area contributed by atoms with E-state index in [-0.39, 0.29) is 11.8 Å². The van der Waals surface area contributed by atoms with E-state index in [0.29, 0.717) is 38.4 Å². The van der Waals surface area contributed by atoms with Crippen LogP contribution in [0.2, 0.25) is 0 Å². The summed E-state index contributed by atoms with van der Waals surface area (Å²) in [5.74, 6) is 0.580. The lowest BCUT2D eigenvalue weighted by Gasteiger charge is -2.41. The molecule has 0 aliphatic carbocycles. The molecule has 5 nitrogen and oxygen atoms in total. The highest BCUT2D eigenvalue weighted by atomic mass is 16.5. The zero-order chi connectivity index (χ0) is 17.7. The van der Waals surface area contributed by atoms with Gasteiger partial charge >= 0.3 is 0 Å².